The molecule has 102 valence electrons. The Morgan fingerprint density at radius 2 is 1.94 bits per heavy atom. The number of aliphatic hydroxyl groups is 1. The largest absolute Gasteiger partial charge is 0.392 e. The van der Waals surface area contributed by atoms with Crippen molar-refractivity contribution >= 4 is 5.95 Å². The van der Waals surface area contributed by atoms with Gasteiger partial charge in [-0.25, -0.2) is 0 Å². The number of rotatable bonds is 3. The highest BCUT2D eigenvalue weighted by Gasteiger charge is 2.25. The number of aliphatic hydroxyl groups excluding tert-OH is 1. The molecule has 1 aliphatic rings. The van der Waals surface area contributed by atoms with E-state index in [1.165, 1.54) is 19.3 Å². The van der Waals surface area contributed by atoms with Crippen LogP contribution >= 0.6 is 0 Å². The molecule has 1 unspecified atom stereocenters. The van der Waals surface area contributed by atoms with Gasteiger partial charge in [-0.15, -0.1) is 0 Å². The number of hydrogen-bond acceptors (Lipinski definition) is 5. The Morgan fingerprint density at radius 3 is 2.56 bits per heavy atom. The molecule has 5 nitrogen and oxygen atoms in total. The lowest BCUT2D eigenvalue weighted by Crippen LogP contribution is -2.30. The lowest BCUT2D eigenvalue weighted by Gasteiger charge is -2.25. The summed E-state index contributed by atoms with van der Waals surface area (Å²) in [5.41, 5.74) is -0.167. The van der Waals surface area contributed by atoms with Gasteiger partial charge in [0.1, 0.15) is 0 Å². The Hall–Kier alpha value is -1.10. The van der Waals surface area contributed by atoms with Crippen molar-refractivity contribution in [3.63, 3.8) is 0 Å². The van der Waals surface area contributed by atoms with Gasteiger partial charge in [0, 0.05) is 13.1 Å². The first kappa shape index (κ1) is 13.3. The van der Waals surface area contributed by atoms with E-state index >= 15 is 0 Å². The Bertz CT molecular complexity index is 378. The molecule has 0 saturated carbocycles. The molecule has 2 rings (SSSR count). The monoisotopic (exact) mass is 253 g/mol. The molecular weight excluding hydrogens is 230 g/mol. The number of aromatic nitrogens is 2. The molecule has 0 radical (unpaired) electrons. The summed E-state index contributed by atoms with van der Waals surface area (Å²) < 4.78 is 5.22. The minimum absolute atomic E-state index is 0.167. The topological polar surface area (TPSA) is 62.4 Å². The molecule has 0 aliphatic carbocycles. The number of piperidine rings is 1. The molecule has 1 saturated heterocycles. The van der Waals surface area contributed by atoms with Crippen LogP contribution < -0.4 is 4.90 Å². The van der Waals surface area contributed by atoms with Crippen LogP contribution in [0.5, 0.6) is 0 Å². The van der Waals surface area contributed by atoms with Crippen LogP contribution in [-0.4, -0.2) is 34.4 Å². The molecule has 1 aromatic rings. The maximum atomic E-state index is 10.0. The molecule has 0 spiro atoms. The first-order valence-electron chi connectivity index (χ1n) is 6.72. The molecule has 5 heteroatoms. The smallest absolute Gasteiger partial charge is 0.266 e. The van der Waals surface area contributed by atoms with Crippen molar-refractivity contribution in [2.75, 3.05) is 18.0 Å². The Morgan fingerprint density at radius 1 is 1.28 bits per heavy atom. The molecule has 1 fully saturated rings. The summed E-state index contributed by atoms with van der Waals surface area (Å²) in [5, 5.41) is 14.0. The quantitative estimate of drug-likeness (QED) is 0.892. The van der Waals surface area contributed by atoms with E-state index < -0.39 is 6.10 Å². The minimum atomic E-state index is -0.466. The second-order valence-corrected chi connectivity index (χ2v) is 6.12. The zero-order valence-corrected chi connectivity index (χ0v) is 11.5. The second kappa shape index (κ2) is 5.26. The highest BCUT2D eigenvalue weighted by molar-refractivity contribution is 5.28. The summed E-state index contributed by atoms with van der Waals surface area (Å²) in [6.45, 7) is 8.00. The summed E-state index contributed by atoms with van der Waals surface area (Å²) in [7, 11) is 0. The Balaban J connectivity index is 1.97. The zero-order valence-electron chi connectivity index (χ0n) is 11.5. The van der Waals surface area contributed by atoms with Crippen LogP contribution in [0.3, 0.4) is 0 Å². The predicted molar refractivity (Wildman–Crippen MR) is 69.5 cm³/mol. The van der Waals surface area contributed by atoms with Crippen LogP contribution in [0.4, 0.5) is 5.95 Å². The predicted octanol–water partition coefficient (Wildman–Crippen LogP) is 2.01. The number of anilines is 1. The van der Waals surface area contributed by atoms with Crippen LogP contribution in [0.25, 0.3) is 0 Å². The third-order valence-corrected chi connectivity index (χ3v) is 3.46. The van der Waals surface area contributed by atoms with E-state index in [2.05, 4.69) is 15.0 Å². The first-order valence-corrected chi connectivity index (χ1v) is 6.72. The van der Waals surface area contributed by atoms with Crippen molar-refractivity contribution in [3.05, 3.63) is 5.89 Å². The zero-order chi connectivity index (χ0) is 13.2. The average molecular weight is 253 g/mol. The molecule has 1 atom stereocenters. The van der Waals surface area contributed by atoms with Gasteiger partial charge < -0.3 is 14.5 Å². The number of nitrogens with zero attached hydrogens (tertiary/aromatic N) is 3. The molecule has 0 bridgehead atoms. The highest BCUT2D eigenvalue weighted by atomic mass is 16.5. The van der Waals surface area contributed by atoms with Crippen molar-refractivity contribution < 1.29 is 9.63 Å². The third kappa shape index (κ3) is 3.22. The van der Waals surface area contributed by atoms with Crippen molar-refractivity contribution in [2.45, 2.75) is 52.6 Å². The lowest BCUT2D eigenvalue weighted by atomic mass is 9.87. The van der Waals surface area contributed by atoms with Gasteiger partial charge in [-0.2, -0.15) is 4.98 Å². The lowest BCUT2D eigenvalue weighted by molar-refractivity contribution is 0.0565. The fourth-order valence-corrected chi connectivity index (χ4v) is 2.02. The molecule has 1 aliphatic heterocycles. The van der Waals surface area contributed by atoms with E-state index in [1.807, 2.05) is 20.8 Å². The van der Waals surface area contributed by atoms with E-state index in [4.69, 9.17) is 4.52 Å². The van der Waals surface area contributed by atoms with E-state index in [0.717, 1.165) is 13.1 Å². The van der Waals surface area contributed by atoms with Gasteiger partial charge in [-0.1, -0.05) is 20.8 Å². The van der Waals surface area contributed by atoms with Gasteiger partial charge in [0.05, 0.1) is 12.5 Å². The minimum Gasteiger partial charge on any atom is -0.392 e. The van der Waals surface area contributed by atoms with E-state index in [-0.39, 0.29) is 5.41 Å². The van der Waals surface area contributed by atoms with E-state index in [9.17, 15) is 5.11 Å². The van der Waals surface area contributed by atoms with E-state index in [0.29, 0.717) is 18.3 Å². The van der Waals surface area contributed by atoms with Crippen LogP contribution in [0.1, 0.15) is 45.9 Å². The van der Waals surface area contributed by atoms with Crippen molar-refractivity contribution in [1.82, 2.24) is 10.1 Å². The Kier molecular flexibility index (Phi) is 3.90. The highest BCUT2D eigenvalue weighted by Crippen LogP contribution is 2.23. The second-order valence-electron chi connectivity index (χ2n) is 6.12. The molecule has 18 heavy (non-hydrogen) atoms. The summed E-state index contributed by atoms with van der Waals surface area (Å²) in [4.78, 5) is 6.53. The molecule has 2 heterocycles. The summed E-state index contributed by atoms with van der Waals surface area (Å²) >= 11 is 0. The van der Waals surface area contributed by atoms with Gasteiger partial charge in [0.15, 0.2) is 0 Å². The van der Waals surface area contributed by atoms with Crippen LogP contribution in [0.15, 0.2) is 4.52 Å². The van der Waals surface area contributed by atoms with Gasteiger partial charge in [0.25, 0.3) is 5.95 Å². The Labute approximate surface area is 108 Å². The third-order valence-electron chi connectivity index (χ3n) is 3.46. The average Bonchev–Trinajstić information content (AvgIpc) is 2.77. The first-order chi connectivity index (χ1) is 8.47. The van der Waals surface area contributed by atoms with Crippen molar-refractivity contribution in [1.29, 1.82) is 0 Å². The van der Waals surface area contributed by atoms with Gasteiger partial charge in [-0.05, 0) is 29.8 Å². The summed E-state index contributed by atoms with van der Waals surface area (Å²) in [5.74, 6) is 1.20. The summed E-state index contributed by atoms with van der Waals surface area (Å²) in [6, 6.07) is 0. The maximum absolute atomic E-state index is 10.0. The normalized spacial score (nSPS) is 19.0. The molecule has 1 aromatic heterocycles. The van der Waals surface area contributed by atoms with Crippen LogP contribution in [0, 0.1) is 5.41 Å². The fourth-order valence-electron chi connectivity index (χ4n) is 2.02. The molecule has 1 N–H and O–H groups in total. The van der Waals surface area contributed by atoms with Crippen LogP contribution in [-0.2, 0) is 6.42 Å². The fraction of sp³-hybridized carbons (Fsp3) is 0.846. The standard InChI is InChI=1S/C13H23N3O2/c1-13(2,3)10(17)9-11-14-12(15-18-11)16-7-5-4-6-8-16/h10,17H,4-9H2,1-3H3. The molecule has 0 aromatic carbocycles. The van der Waals surface area contributed by atoms with E-state index in [1.54, 1.807) is 0 Å². The summed E-state index contributed by atoms with van der Waals surface area (Å²) in [6.07, 6.45) is 3.62. The number of hydrogen-bond donors (Lipinski definition) is 1. The van der Waals surface area contributed by atoms with Gasteiger partial charge in [-0.3, -0.25) is 0 Å². The maximum Gasteiger partial charge on any atom is 0.266 e. The molecular formula is C13H23N3O2. The molecule has 0 amide bonds. The van der Waals surface area contributed by atoms with Crippen molar-refractivity contribution in [2.24, 2.45) is 5.41 Å². The van der Waals surface area contributed by atoms with Crippen molar-refractivity contribution in [3.8, 4) is 0 Å². The van der Waals surface area contributed by atoms with Gasteiger partial charge in [0.2, 0.25) is 5.89 Å². The SMILES string of the molecule is CC(C)(C)C(O)Cc1nc(N2CCCCC2)no1. The van der Waals surface area contributed by atoms with Crippen LogP contribution in [0.2, 0.25) is 0 Å². The van der Waals surface area contributed by atoms with Gasteiger partial charge >= 0.3 is 0 Å².